The van der Waals surface area contributed by atoms with E-state index in [-0.39, 0.29) is 12.5 Å². The van der Waals surface area contributed by atoms with Crippen molar-refractivity contribution in [3.63, 3.8) is 0 Å². The van der Waals surface area contributed by atoms with Crippen LogP contribution in [0.25, 0.3) is 11.0 Å². The van der Waals surface area contributed by atoms with Gasteiger partial charge in [-0.2, -0.15) is 0 Å². The van der Waals surface area contributed by atoms with Crippen LogP contribution in [0.3, 0.4) is 0 Å². The van der Waals surface area contributed by atoms with E-state index >= 15 is 0 Å². The topological polar surface area (TPSA) is 70.8 Å². The molecule has 0 saturated carbocycles. The third-order valence-electron chi connectivity index (χ3n) is 9.52. The van der Waals surface area contributed by atoms with Crippen LogP contribution in [0, 0.1) is 12.3 Å². The monoisotopic (exact) mass is 530 g/mol. The molecule has 4 heterocycles. The van der Waals surface area contributed by atoms with Gasteiger partial charge in [-0.25, -0.2) is 4.98 Å². The summed E-state index contributed by atoms with van der Waals surface area (Å²) in [5.74, 6) is 1.11. The predicted molar refractivity (Wildman–Crippen MR) is 152 cm³/mol. The number of ether oxygens (including phenoxy) is 1. The second-order valence-electron chi connectivity index (χ2n) is 12.5. The van der Waals surface area contributed by atoms with Crippen molar-refractivity contribution >= 4 is 16.9 Å². The summed E-state index contributed by atoms with van der Waals surface area (Å²) in [6.45, 7) is 8.16. The molecule has 3 aliphatic rings. The van der Waals surface area contributed by atoms with E-state index in [1.165, 1.54) is 18.4 Å². The van der Waals surface area contributed by atoms with Gasteiger partial charge in [0.1, 0.15) is 11.4 Å². The van der Waals surface area contributed by atoms with Crippen LogP contribution in [-0.2, 0) is 15.1 Å². The second kappa shape index (κ2) is 10.3. The number of aliphatic hydroxyl groups excluding tert-OH is 1. The largest absolute Gasteiger partial charge is 0.395 e. The zero-order valence-corrected chi connectivity index (χ0v) is 23.6. The average Bonchev–Trinajstić information content (AvgIpc) is 3.42. The minimum absolute atomic E-state index is 0.00239. The molecule has 1 N–H and O–H groups in total. The third-order valence-corrected chi connectivity index (χ3v) is 9.52. The number of rotatable bonds is 7. The highest BCUT2D eigenvalue weighted by Gasteiger charge is 2.46. The quantitative estimate of drug-likeness (QED) is 0.481. The molecule has 3 fully saturated rings. The van der Waals surface area contributed by atoms with Gasteiger partial charge in [0.2, 0.25) is 5.91 Å². The summed E-state index contributed by atoms with van der Waals surface area (Å²) in [4.78, 5) is 22.9. The Balaban J connectivity index is 1.21. The lowest BCUT2D eigenvalue weighted by molar-refractivity contribution is -0.164. The molecule has 3 aromatic rings. The number of benzene rings is 2. The molecule has 7 heteroatoms. The van der Waals surface area contributed by atoms with Crippen LogP contribution in [0.2, 0.25) is 0 Å². The van der Waals surface area contributed by atoms with Gasteiger partial charge in [-0.15, -0.1) is 0 Å². The predicted octanol–water partition coefficient (Wildman–Crippen LogP) is 4.68. The molecule has 0 aliphatic carbocycles. The molecule has 1 aromatic heterocycles. The fraction of sp³-hybridized carbons (Fsp3) is 0.562. The lowest BCUT2D eigenvalue weighted by Gasteiger charge is -2.47. The summed E-state index contributed by atoms with van der Waals surface area (Å²) in [6, 6.07) is 20.5. The Kier molecular flexibility index (Phi) is 7.02. The van der Waals surface area contributed by atoms with E-state index in [0.717, 1.165) is 42.7 Å². The van der Waals surface area contributed by atoms with Crippen molar-refractivity contribution in [3.05, 3.63) is 66.0 Å². The second-order valence-corrected chi connectivity index (χ2v) is 12.5. The molecule has 7 nitrogen and oxygen atoms in total. The maximum Gasteiger partial charge on any atom is 0.230 e. The Morgan fingerprint density at radius 2 is 1.74 bits per heavy atom. The summed E-state index contributed by atoms with van der Waals surface area (Å²) < 4.78 is 9.10. The highest BCUT2D eigenvalue weighted by atomic mass is 16.5. The smallest absolute Gasteiger partial charge is 0.230 e. The highest BCUT2D eigenvalue weighted by molar-refractivity contribution is 5.82. The van der Waals surface area contributed by atoms with Gasteiger partial charge < -0.3 is 19.3 Å². The maximum atomic E-state index is 13.4. The molecule has 3 atom stereocenters. The Morgan fingerprint density at radius 3 is 2.46 bits per heavy atom. The van der Waals surface area contributed by atoms with Crippen LogP contribution in [0.15, 0.2) is 54.6 Å². The summed E-state index contributed by atoms with van der Waals surface area (Å²) in [5, 5.41) is 9.86. The first-order valence-electron chi connectivity index (χ1n) is 14.6. The van der Waals surface area contributed by atoms with E-state index in [0.29, 0.717) is 37.8 Å². The van der Waals surface area contributed by atoms with Crippen molar-refractivity contribution in [1.29, 1.82) is 0 Å². The van der Waals surface area contributed by atoms with Crippen LogP contribution < -0.4 is 0 Å². The van der Waals surface area contributed by atoms with Gasteiger partial charge in [-0.3, -0.25) is 9.69 Å². The number of fused-ring (bicyclic) bond motifs is 3. The van der Waals surface area contributed by atoms with Crippen molar-refractivity contribution in [2.45, 2.75) is 76.6 Å². The number of aromatic nitrogens is 2. The van der Waals surface area contributed by atoms with Gasteiger partial charge in [0, 0.05) is 31.2 Å². The number of piperidine rings is 1. The molecule has 3 unspecified atom stereocenters. The number of hydrogen-bond acceptors (Lipinski definition) is 5. The number of amides is 1. The number of para-hydroxylation sites is 2. The van der Waals surface area contributed by atoms with Gasteiger partial charge in [-0.05, 0) is 70.6 Å². The molecular weight excluding hydrogens is 488 g/mol. The first kappa shape index (κ1) is 26.5. The van der Waals surface area contributed by atoms with Crippen molar-refractivity contribution in [1.82, 2.24) is 19.4 Å². The number of imidazole rings is 1. The number of hydrogen-bond donors (Lipinski definition) is 1. The lowest BCUT2D eigenvalue weighted by Crippen LogP contribution is -2.56. The molecule has 208 valence electrons. The van der Waals surface area contributed by atoms with E-state index in [1.54, 1.807) is 0 Å². The molecule has 0 spiro atoms. The molecule has 1 amide bonds. The minimum Gasteiger partial charge on any atom is -0.395 e. The fourth-order valence-electron chi connectivity index (χ4n) is 7.42. The first-order valence-corrected chi connectivity index (χ1v) is 14.6. The normalized spacial score (nSPS) is 27.8. The molecule has 0 radical (unpaired) electrons. The number of morpholine rings is 1. The van der Waals surface area contributed by atoms with E-state index < -0.39 is 11.0 Å². The molecule has 2 bridgehead atoms. The maximum absolute atomic E-state index is 13.4. The molecular formula is C32H42N4O3. The summed E-state index contributed by atoms with van der Waals surface area (Å²) in [5.41, 5.74) is 2.13. The zero-order chi connectivity index (χ0) is 27.2. The lowest BCUT2D eigenvalue weighted by atomic mass is 9.85. The molecule has 2 aromatic carbocycles. The van der Waals surface area contributed by atoms with Crippen molar-refractivity contribution < 1.29 is 14.6 Å². The van der Waals surface area contributed by atoms with Gasteiger partial charge in [-0.1, -0.05) is 42.5 Å². The van der Waals surface area contributed by atoms with Crippen LogP contribution >= 0.6 is 0 Å². The summed E-state index contributed by atoms with van der Waals surface area (Å²) >= 11 is 0. The van der Waals surface area contributed by atoms with E-state index in [9.17, 15) is 9.90 Å². The van der Waals surface area contributed by atoms with Gasteiger partial charge >= 0.3 is 0 Å². The molecule has 3 aliphatic heterocycles. The fourth-order valence-corrected chi connectivity index (χ4v) is 7.42. The van der Waals surface area contributed by atoms with Crippen LogP contribution in [-0.4, -0.2) is 75.3 Å². The number of carbonyl (C=O) groups excluding carboxylic acids is 1. The summed E-state index contributed by atoms with van der Waals surface area (Å²) in [7, 11) is 0. The van der Waals surface area contributed by atoms with Crippen LogP contribution in [0.4, 0.5) is 0 Å². The summed E-state index contributed by atoms with van der Waals surface area (Å²) in [6.07, 6.45) is 5.60. The molecule has 3 saturated heterocycles. The van der Waals surface area contributed by atoms with Crippen molar-refractivity contribution in [2.75, 3.05) is 32.8 Å². The average molecular weight is 531 g/mol. The zero-order valence-electron chi connectivity index (χ0n) is 23.6. The SMILES string of the molecule is Cc1nc2ccccc2n1C1CC2CCC(C1)N2CCC1(c2ccccc2)CN(C(=O)C(C)(C)CO)CCO1. The third kappa shape index (κ3) is 4.79. The van der Waals surface area contributed by atoms with Crippen LogP contribution in [0.5, 0.6) is 0 Å². The highest BCUT2D eigenvalue weighted by Crippen LogP contribution is 2.44. The molecule has 39 heavy (non-hydrogen) atoms. The van der Waals surface area contributed by atoms with Crippen molar-refractivity contribution in [3.8, 4) is 0 Å². The Bertz CT molecular complexity index is 1310. The molecule has 6 rings (SSSR count). The number of aliphatic hydroxyl groups is 1. The van der Waals surface area contributed by atoms with Gasteiger partial charge in [0.25, 0.3) is 0 Å². The Labute approximate surface area is 231 Å². The van der Waals surface area contributed by atoms with E-state index in [2.05, 4.69) is 64.9 Å². The number of carbonyl (C=O) groups is 1. The number of aryl methyl sites for hydroxylation is 1. The minimum atomic E-state index is -0.795. The van der Waals surface area contributed by atoms with Crippen molar-refractivity contribution in [2.24, 2.45) is 5.41 Å². The van der Waals surface area contributed by atoms with E-state index in [4.69, 9.17) is 9.72 Å². The van der Waals surface area contributed by atoms with Gasteiger partial charge in [0.05, 0.1) is 36.2 Å². The number of nitrogens with zero attached hydrogens (tertiary/aromatic N) is 4. The van der Waals surface area contributed by atoms with E-state index in [1.807, 2.05) is 24.8 Å². The van der Waals surface area contributed by atoms with Gasteiger partial charge in [0.15, 0.2) is 0 Å². The van der Waals surface area contributed by atoms with Crippen LogP contribution in [0.1, 0.15) is 63.4 Å². The Morgan fingerprint density at radius 1 is 1.05 bits per heavy atom. The standard InChI is InChI=1S/C32H42N4O3/c1-23-33-28-11-7-8-12-29(28)36(23)27-19-25-13-14-26(20-27)35(25)16-15-32(24-9-5-4-6-10-24)21-34(17-18-39-32)30(38)31(2,3)22-37/h4-12,25-27,37H,13-22H2,1-3H3. The Hall–Kier alpha value is -2.74. The first-order chi connectivity index (χ1) is 18.8.